The van der Waals surface area contributed by atoms with E-state index in [1.54, 1.807) is 25.3 Å². The van der Waals surface area contributed by atoms with E-state index in [-0.39, 0.29) is 5.52 Å². The SMILES string of the molecule is COc1ccc(/C=N/n2c(=O)[nH]c3c([nH]c4ccc(Cl)cc43)c2=O)cc1CN1CCCC1. The van der Waals surface area contributed by atoms with Gasteiger partial charge in [-0.15, -0.1) is 4.68 Å². The van der Waals surface area contributed by atoms with Gasteiger partial charge in [0.2, 0.25) is 0 Å². The number of H-pyrrole nitrogens is 2. The number of nitrogens with zero attached hydrogens (tertiary/aromatic N) is 3. The van der Waals surface area contributed by atoms with Crippen molar-refractivity contribution in [2.24, 2.45) is 5.10 Å². The minimum Gasteiger partial charge on any atom is -0.496 e. The summed E-state index contributed by atoms with van der Waals surface area (Å²) in [6, 6.07) is 10.9. The number of methoxy groups -OCH3 is 1. The average molecular weight is 452 g/mol. The standard InChI is InChI=1S/C23H22ClN5O3/c1-32-19-7-4-14(10-15(19)13-28-8-2-3-9-28)12-25-29-22(30)21-20(27-23(29)31)17-11-16(24)5-6-18(17)26-21/h4-7,10-12,26H,2-3,8-9,13H2,1H3,(H,27,31)/b25-12+. The lowest BCUT2D eigenvalue weighted by atomic mass is 10.1. The summed E-state index contributed by atoms with van der Waals surface area (Å²) in [5.41, 5.74) is 2.06. The van der Waals surface area contributed by atoms with Crippen LogP contribution >= 0.6 is 11.6 Å². The fourth-order valence-electron chi connectivity index (χ4n) is 4.23. The number of hydrogen-bond acceptors (Lipinski definition) is 5. The van der Waals surface area contributed by atoms with E-state index < -0.39 is 11.2 Å². The zero-order valence-corrected chi connectivity index (χ0v) is 18.3. The number of ether oxygens (including phenoxy) is 1. The van der Waals surface area contributed by atoms with Crippen LogP contribution in [0.2, 0.25) is 5.02 Å². The van der Waals surface area contributed by atoms with Gasteiger partial charge in [0.15, 0.2) is 0 Å². The highest BCUT2D eigenvalue weighted by Gasteiger charge is 2.15. The predicted molar refractivity (Wildman–Crippen MR) is 126 cm³/mol. The summed E-state index contributed by atoms with van der Waals surface area (Å²) in [6.45, 7) is 2.93. The van der Waals surface area contributed by atoms with E-state index in [0.29, 0.717) is 21.4 Å². The van der Waals surface area contributed by atoms with Gasteiger partial charge in [-0.1, -0.05) is 11.6 Å². The first-order valence-corrected chi connectivity index (χ1v) is 10.8. The van der Waals surface area contributed by atoms with Crippen molar-refractivity contribution in [3.8, 4) is 5.75 Å². The lowest BCUT2D eigenvalue weighted by Crippen LogP contribution is -2.32. The number of aromatic nitrogens is 3. The molecule has 2 aromatic carbocycles. The van der Waals surface area contributed by atoms with Crippen LogP contribution < -0.4 is 16.0 Å². The van der Waals surface area contributed by atoms with Crippen molar-refractivity contribution in [2.45, 2.75) is 19.4 Å². The Morgan fingerprint density at radius 3 is 2.69 bits per heavy atom. The van der Waals surface area contributed by atoms with Gasteiger partial charge in [0, 0.05) is 28.0 Å². The molecular formula is C23H22ClN5O3. The molecule has 1 fully saturated rings. The molecule has 2 aromatic heterocycles. The Bertz CT molecular complexity index is 1460. The second-order valence-corrected chi connectivity index (χ2v) is 8.35. The number of benzene rings is 2. The first-order valence-electron chi connectivity index (χ1n) is 10.4. The van der Waals surface area contributed by atoms with Crippen LogP contribution in [-0.4, -0.2) is 46.0 Å². The number of aromatic amines is 2. The van der Waals surface area contributed by atoms with Crippen LogP contribution in [0.15, 0.2) is 51.1 Å². The summed E-state index contributed by atoms with van der Waals surface area (Å²) in [5.74, 6) is 0.808. The minimum absolute atomic E-state index is 0.267. The van der Waals surface area contributed by atoms with Crippen molar-refractivity contribution in [2.75, 3.05) is 20.2 Å². The molecule has 3 heterocycles. The number of hydrogen-bond donors (Lipinski definition) is 2. The first-order chi connectivity index (χ1) is 15.5. The molecule has 0 bridgehead atoms. The fourth-order valence-corrected chi connectivity index (χ4v) is 4.40. The average Bonchev–Trinajstić information content (AvgIpc) is 3.42. The Hall–Kier alpha value is -3.36. The molecule has 0 radical (unpaired) electrons. The molecule has 1 aliphatic heterocycles. The summed E-state index contributed by atoms with van der Waals surface area (Å²) in [6.07, 6.45) is 3.92. The second-order valence-electron chi connectivity index (χ2n) is 7.91. The molecule has 0 amide bonds. The Morgan fingerprint density at radius 2 is 1.91 bits per heavy atom. The topological polar surface area (TPSA) is 95.5 Å². The third-order valence-corrected chi connectivity index (χ3v) is 6.05. The molecule has 5 rings (SSSR count). The Morgan fingerprint density at radius 1 is 1.09 bits per heavy atom. The number of likely N-dealkylation sites (tertiary alicyclic amines) is 1. The molecule has 9 heteroatoms. The Kier molecular flexibility index (Phi) is 5.32. The molecule has 2 N–H and O–H groups in total. The smallest absolute Gasteiger partial charge is 0.350 e. The summed E-state index contributed by atoms with van der Waals surface area (Å²) >= 11 is 6.07. The maximum Gasteiger partial charge on any atom is 0.350 e. The lowest BCUT2D eigenvalue weighted by Gasteiger charge is -2.17. The lowest BCUT2D eigenvalue weighted by molar-refractivity contribution is 0.321. The number of fused-ring (bicyclic) bond motifs is 3. The quantitative estimate of drug-likeness (QED) is 0.455. The zero-order valence-electron chi connectivity index (χ0n) is 17.5. The molecule has 164 valence electrons. The van der Waals surface area contributed by atoms with Crippen molar-refractivity contribution in [3.05, 3.63) is 73.4 Å². The van der Waals surface area contributed by atoms with Gasteiger partial charge in [-0.05, 0) is 67.9 Å². The zero-order chi connectivity index (χ0) is 22.2. The molecule has 0 unspecified atom stereocenters. The number of rotatable bonds is 5. The third kappa shape index (κ3) is 3.72. The van der Waals surface area contributed by atoms with Crippen molar-refractivity contribution in [1.82, 2.24) is 19.5 Å². The molecule has 32 heavy (non-hydrogen) atoms. The highest BCUT2D eigenvalue weighted by atomic mass is 35.5. The van der Waals surface area contributed by atoms with Crippen molar-refractivity contribution in [3.63, 3.8) is 0 Å². The monoisotopic (exact) mass is 451 g/mol. The van der Waals surface area contributed by atoms with E-state index in [4.69, 9.17) is 16.3 Å². The van der Waals surface area contributed by atoms with Crippen LogP contribution in [0.1, 0.15) is 24.0 Å². The van der Waals surface area contributed by atoms with Gasteiger partial charge in [-0.3, -0.25) is 9.69 Å². The van der Waals surface area contributed by atoms with Crippen LogP contribution in [0.3, 0.4) is 0 Å². The predicted octanol–water partition coefficient (Wildman–Crippen LogP) is 3.31. The second kappa shape index (κ2) is 8.29. The molecule has 4 aromatic rings. The summed E-state index contributed by atoms with van der Waals surface area (Å²) < 4.78 is 6.33. The Labute approximate surface area is 188 Å². The Balaban J connectivity index is 1.52. The molecule has 1 aliphatic rings. The molecule has 0 saturated carbocycles. The maximum absolute atomic E-state index is 13.0. The van der Waals surface area contributed by atoms with Gasteiger partial charge in [-0.2, -0.15) is 5.10 Å². The summed E-state index contributed by atoms with van der Waals surface area (Å²) in [7, 11) is 1.65. The van der Waals surface area contributed by atoms with Gasteiger partial charge in [0.25, 0.3) is 0 Å². The van der Waals surface area contributed by atoms with E-state index in [1.165, 1.54) is 19.1 Å². The van der Waals surface area contributed by atoms with Crippen LogP contribution in [0, 0.1) is 0 Å². The highest BCUT2D eigenvalue weighted by molar-refractivity contribution is 6.31. The van der Waals surface area contributed by atoms with Crippen LogP contribution in [0.5, 0.6) is 5.75 Å². The summed E-state index contributed by atoms with van der Waals surface area (Å²) in [4.78, 5) is 33.7. The van der Waals surface area contributed by atoms with Crippen LogP contribution in [0.25, 0.3) is 21.9 Å². The van der Waals surface area contributed by atoms with E-state index in [0.717, 1.165) is 41.2 Å². The number of nitrogens with one attached hydrogen (secondary N) is 2. The van der Waals surface area contributed by atoms with Crippen LogP contribution in [-0.2, 0) is 6.54 Å². The van der Waals surface area contributed by atoms with Crippen molar-refractivity contribution >= 4 is 39.8 Å². The van der Waals surface area contributed by atoms with E-state index in [1.807, 2.05) is 18.2 Å². The third-order valence-electron chi connectivity index (χ3n) is 5.81. The van der Waals surface area contributed by atoms with Crippen molar-refractivity contribution < 1.29 is 4.74 Å². The summed E-state index contributed by atoms with van der Waals surface area (Å²) in [5, 5.41) is 5.38. The van der Waals surface area contributed by atoms with Crippen LogP contribution in [0.4, 0.5) is 0 Å². The fraction of sp³-hybridized carbons (Fsp3) is 0.261. The largest absolute Gasteiger partial charge is 0.496 e. The molecule has 8 nitrogen and oxygen atoms in total. The van der Waals surface area contributed by atoms with Gasteiger partial charge in [0.05, 0.1) is 18.8 Å². The van der Waals surface area contributed by atoms with Gasteiger partial charge < -0.3 is 14.7 Å². The van der Waals surface area contributed by atoms with Gasteiger partial charge in [0.1, 0.15) is 11.3 Å². The number of halogens is 1. The van der Waals surface area contributed by atoms with E-state index in [2.05, 4.69) is 20.0 Å². The van der Waals surface area contributed by atoms with Gasteiger partial charge in [-0.25, -0.2) is 4.79 Å². The normalized spacial score (nSPS) is 14.8. The van der Waals surface area contributed by atoms with Gasteiger partial charge >= 0.3 is 11.2 Å². The molecule has 0 aliphatic carbocycles. The maximum atomic E-state index is 13.0. The molecule has 0 spiro atoms. The first kappa shape index (κ1) is 20.5. The van der Waals surface area contributed by atoms with E-state index in [9.17, 15) is 9.59 Å². The molecular weight excluding hydrogens is 430 g/mol. The van der Waals surface area contributed by atoms with E-state index >= 15 is 0 Å². The minimum atomic E-state index is -0.620. The van der Waals surface area contributed by atoms with Crippen molar-refractivity contribution in [1.29, 1.82) is 0 Å². The molecule has 1 saturated heterocycles. The molecule has 0 atom stereocenters. The highest BCUT2D eigenvalue weighted by Crippen LogP contribution is 2.25.